The van der Waals surface area contributed by atoms with Gasteiger partial charge < -0.3 is 21.1 Å². The van der Waals surface area contributed by atoms with Crippen LogP contribution in [0, 0.1) is 0 Å². The lowest BCUT2D eigenvalue weighted by molar-refractivity contribution is -0.124. The number of amides is 3. The van der Waals surface area contributed by atoms with Crippen molar-refractivity contribution in [1.82, 2.24) is 15.5 Å². The zero-order valence-corrected chi connectivity index (χ0v) is 15.2. The topological polar surface area (TPSA) is 114 Å². The maximum atomic E-state index is 12.0. The van der Waals surface area contributed by atoms with Crippen LogP contribution in [-0.2, 0) is 9.59 Å². The van der Waals surface area contributed by atoms with Gasteiger partial charge in [0.05, 0.1) is 5.56 Å². The Bertz CT molecular complexity index is 664. The smallest absolute Gasteiger partial charge is 0.257 e. The summed E-state index contributed by atoms with van der Waals surface area (Å²) in [6.07, 6.45) is 2.31. The molecule has 4 N–H and O–H groups in total. The van der Waals surface area contributed by atoms with E-state index in [2.05, 4.69) is 15.5 Å². The van der Waals surface area contributed by atoms with Crippen molar-refractivity contribution in [2.75, 3.05) is 27.2 Å². The highest BCUT2D eigenvalue weighted by atomic mass is 16.5. The van der Waals surface area contributed by atoms with E-state index in [1.165, 1.54) is 0 Å². The number of likely N-dealkylation sites (N-methyl/N-ethyl adjacent to an activating group) is 1. The monoisotopic (exact) mass is 362 g/mol. The second-order valence-corrected chi connectivity index (χ2v) is 6.38. The first-order valence-electron chi connectivity index (χ1n) is 8.63. The molecular formula is C18H26N4O4. The van der Waals surface area contributed by atoms with Crippen molar-refractivity contribution in [3.63, 3.8) is 0 Å². The zero-order chi connectivity index (χ0) is 19.1. The minimum Gasteiger partial charge on any atom is -0.483 e. The van der Waals surface area contributed by atoms with Gasteiger partial charge in [-0.05, 0) is 32.0 Å². The van der Waals surface area contributed by atoms with Crippen molar-refractivity contribution < 1.29 is 19.1 Å². The third-order valence-corrected chi connectivity index (χ3v) is 4.73. The number of carbonyl (C=O) groups excluding carboxylic acids is 3. The minimum atomic E-state index is -0.601. The molecule has 2 atom stereocenters. The molecule has 1 aliphatic rings. The fourth-order valence-corrected chi connectivity index (χ4v) is 3.12. The number of nitrogens with one attached hydrogen (secondary N) is 2. The van der Waals surface area contributed by atoms with E-state index in [-0.39, 0.29) is 36.1 Å². The van der Waals surface area contributed by atoms with Crippen LogP contribution in [-0.4, -0.2) is 62.0 Å². The number of carbonyl (C=O) groups is 3. The van der Waals surface area contributed by atoms with Gasteiger partial charge in [0.1, 0.15) is 5.75 Å². The molecule has 0 saturated carbocycles. The van der Waals surface area contributed by atoms with Crippen molar-refractivity contribution in [2.45, 2.75) is 31.3 Å². The normalized spacial score (nSPS) is 19.8. The van der Waals surface area contributed by atoms with E-state index in [0.717, 1.165) is 12.8 Å². The second-order valence-electron chi connectivity index (χ2n) is 6.38. The number of primary amides is 1. The van der Waals surface area contributed by atoms with Crippen molar-refractivity contribution in [1.29, 1.82) is 0 Å². The molecule has 3 amide bonds. The third kappa shape index (κ3) is 5.19. The Morgan fingerprint density at radius 1 is 1.19 bits per heavy atom. The van der Waals surface area contributed by atoms with Crippen LogP contribution in [0.2, 0.25) is 0 Å². The van der Waals surface area contributed by atoms with Crippen LogP contribution in [0.5, 0.6) is 5.75 Å². The summed E-state index contributed by atoms with van der Waals surface area (Å²) >= 11 is 0. The average molecular weight is 362 g/mol. The van der Waals surface area contributed by atoms with Gasteiger partial charge >= 0.3 is 0 Å². The van der Waals surface area contributed by atoms with Gasteiger partial charge in [-0.25, -0.2) is 0 Å². The van der Waals surface area contributed by atoms with Crippen LogP contribution in [0.15, 0.2) is 24.3 Å². The highest BCUT2D eigenvalue weighted by molar-refractivity contribution is 5.95. The summed E-state index contributed by atoms with van der Waals surface area (Å²) in [5, 5.41) is 5.48. The van der Waals surface area contributed by atoms with Gasteiger partial charge in [-0.3, -0.25) is 19.3 Å². The Kier molecular flexibility index (Phi) is 6.97. The molecule has 26 heavy (non-hydrogen) atoms. The molecule has 1 saturated heterocycles. The van der Waals surface area contributed by atoms with E-state index < -0.39 is 5.91 Å². The highest BCUT2D eigenvalue weighted by Gasteiger charge is 2.31. The Hall–Kier alpha value is -2.61. The van der Waals surface area contributed by atoms with Crippen molar-refractivity contribution in [2.24, 2.45) is 5.73 Å². The first-order chi connectivity index (χ1) is 12.4. The number of hydrogen-bond acceptors (Lipinski definition) is 5. The average Bonchev–Trinajstić information content (AvgIpc) is 2.98. The van der Waals surface area contributed by atoms with Crippen LogP contribution in [0.25, 0.3) is 0 Å². The van der Waals surface area contributed by atoms with Gasteiger partial charge in [0.25, 0.3) is 11.8 Å². The lowest BCUT2D eigenvalue weighted by Gasteiger charge is -2.25. The molecule has 142 valence electrons. The van der Waals surface area contributed by atoms with Gasteiger partial charge in [0.15, 0.2) is 6.61 Å². The number of hydrogen-bond donors (Lipinski definition) is 3. The number of likely N-dealkylation sites (tertiary alicyclic amines) is 1. The van der Waals surface area contributed by atoms with Crippen LogP contribution in [0.4, 0.5) is 0 Å². The van der Waals surface area contributed by atoms with E-state index in [1.54, 1.807) is 31.3 Å². The van der Waals surface area contributed by atoms with E-state index in [0.29, 0.717) is 18.7 Å². The first-order valence-corrected chi connectivity index (χ1v) is 8.63. The summed E-state index contributed by atoms with van der Waals surface area (Å²) in [4.78, 5) is 37.0. The molecule has 8 nitrogen and oxygen atoms in total. The number of rotatable bonds is 8. The molecular weight excluding hydrogens is 336 g/mol. The third-order valence-electron chi connectivity index (χ3n) is 4.73. The molecule has 1 aromatic rings. The van der Waals surface area contributed by atoms with Crippen molar-refractivity contribution in [3.8, 4) is 5.75 Å². The van der Waals surface area contributed by atoms with Gasteiger partial charge in [0.2, 0.25) is 5.91 Å². The van der Waals surface area contributed by atoms with Gasteiger partial charge in [0, 0.05) is 32.1 Å². The molecule has 0 aromatic heterocycles. The molecule has 0 bridgehead atoms. The van der Waals surface area contributed by atoms with Crippen LogP contribution >= 0.6 is 0 Å². The van der Waals surface area contributed by atoms with Crippen molar-refractivity contribution >= 4 is 17.7 Å². The van der Waals surface area contributed by atoms with E-state index in [9.17, 15) is 14.4 Å². The fourth-order valence-electron chi connectivity index (χ4n) is 3.12. The summed E-state index contributed by atoms with van der Waals surface area (Å²) in [5.41, 5.74) is 5.53. The number of benzene rings is 1. The van der Waals surface area contributed by atoms with Gasteiger partial charge in [-0.1, -0.05) is 12.1 Å². The largest absolute Gasteiger partial charge is 0.483 e. The van der Waals surface area contributed by atoms with Crippen LogP contribution < -0.4 is 21.1 Å². The van der Waals surface area contributed by atoms with Gasteiger partial charge in [-0.15, -0.1) is 0 Å². The summed E-state index contributed by atoms with van der Waals surface area (Å²) in [6, 6.07) is 6.91. The van der Waals surface area contributed by atoms with E-state index in [1.807, 2.05) is 7.05 Å². The quantitative estimate of drug-likeness (QED) is 0.597. The summed E-state index contributed by atoms with van der Waals surface area (Å²) in [5.74, 6) is -0.560. The SMILES string of the molecule is CNC(=O)C[C@H]1CC[C@@H](CNC(=O)COc2ccccc2C(N)=O)N1C. The number of nitrogens with two attached hydrogens (primary N) is 1. The van der Waals surface area contributed by atoms with E-state index in [4.69, 9.17) is 10.5 Å². The molecule has 1 aromatic carbocycles. The number of ether oxygens (including phenoxy) is 1. The predicted octanol–water partition coefficient (Wildman–Crippen LogP) is -0.121. The minimum absolute atomic E-state index is 0.0213. The fraction of sp³-hybridized carbons (Fsp3) is 0.500. The number of nitrogens with zero attached hydrogens (tertiary/aromatic N) is 1. The summed E-state index contributed by atoms with van der Waals surface area (Å²) in [6.45, 7) is 0.294. The maximum Gasteiger partial charge on any atom is 0.257 e. The molecule has 0 aliphatic carbocycles. The Balaban J connectivity index is 1.77. The molecule has 8 heteroatoms. The first kappa shape index (κ1) is 19.7. The lowest BCUT2D eigenvalue weighted by Crippen LogP contribution is -2.43. The van der Waals surface area contributed by atoms with Crippen molar-refractivity contribution in [3.05, 3.63) is 29.8 Å². The Labute approximate surface area is 153 Å². The summed E-state index contributed by atoms with van der Waals surface area (Å²) < 4.78 is 5.41. The molecule has 0 radical (unpaired) electrons. The predicted molar refractivity (Wildman–Crippen MR) is 96.7 cm³/mol. The molecule has 2 rings (SSSR count). The van der Waals surface area contributed by atoms with E-state index >= 15 is 0 Å². The van der Waals surface area contributed by atoms with Crippen LogP contribution in [0.1, 0.15) is 29.6 Å². The second kappa shape index (κ2) is 9.19. The zero-order valence-electron chi connectivity index (χ0n) is 15.2. The molecule has 0 unspecified atom stereocenters. The standard InChI is InChI=1S/C18H26N4O4/c1-20-16(23)9-12-7-8-13(22(12)2)10-21-17(24)11-26-15-6-4-3-5-14(15)18(19)25/h3-6,12-13H,7-11H2,1-2H3,(H2,19,25)(H,20,23)(H,21,24)/t12-,13+/m1/s1. The lowest BCUT2D eigenvalue weighted by atomic mass is 10.1. The molecule has 1 fully saturated rings. The highest BCUT2D eigenvalue weighted by Crippen LogP contribution is 2.24. The Morgan fingerprint density at radius 2 is 1.88 bits per heavy atom. The van der Waals surface area contributed by atoms with Crippen LogP contribution in [0.3, 0.4) is 0 Å². The maximum absolute atomic E-state index is 12.0. The molecule has 1 heterocycles. The molecule has 1 aliphatic heterocycles. The summed E-state index contributed by atoms with van der Waals surface area (Å²) in [7, 11) is 3.60. The Morgan fingerprint density at radius 3 is 2.58 bits per heavy atom. The molecule has 0 spiro atoms. The van der Waals surface area contributed by atoms with Gasteiger partial charge in [-0.2, -0.15) is 0 Å². The number of para-hydroxylation sites is 1.